The highest BCUT2D eigenvalue weighted by atomic mass is 16.5. The fourth-order valence-electron chi connectivity index (χ4n) is 7.29. The minimum atomic E-state index is -0.627. The van der Waals surface area contributed by atoms with Crippen LogP contribution in [0.5, 0.6) is 0 Å². The second-order valence-electron chi connectivity index (χ2n) is 14.2. The lowest BCUT2D eigenvalue weighted by molar-refractivity contribution is -0.139. The van der Waals surface area contributed by atoms with Crippen LogP contribution >= 0.6 is 0 Å². The smallest absolute Gasteiger partial charge is 0.334 e. The molecular weight excluding hydrogens is 572 g/mol. The molecule has 0 amide bonds. The van der Waals surface area contributed by atoms with Gasteiger partial charge in [-0.3, -0.25) is 0 Å². The van der Waals surface area contributed by atoms with Gasteiger partial charge in [-0.25, -0.2) is 4.79 Å². The molecule has 0 aliphatic carbocycles. The molecule has 0 unspecified atom stereocenters. The molecule has 0 spiro atoms. The van der Waals surface area contributed by atoms with Crippen molar-refractivity contribution in [2.24, 2.45) is 0 Å². The van der Waals surface area contributed by atoms with Crippen molar-refractivity contribution in [3.05, 3.63) is 11.6 Å². The van der Waals surface area contributed by atoms with Gasteiger partial charge in [-0.2, -0.15) is 0 Å². The number of aliphatic hydroxyl groups is 4. The second-order valence-corrected chi connectivity index (χ2v) is 14.2. The summed E-state index contributed by atoms with van der Waals surface area (Å²) >= 11 is 0. The van der Waals surface area contributed by atoms with Gasteiger partial charge in [-0.1, -0.05) is 90.4 Å². The van der Waals surface area contributed by atoms with Crippen LogP contribution in [0.15, 0.2) is 11.6 Å². The topological polar surface area (TPSA) is 126 Å². The standard InChI is InChI=1S/C37H66O8/c1-3-4-5-6-7-8-12-15-18-31(39)35-23-24-36(45-35)33(41)21-20-32(40)34-22-19-30(44-34)17-14-11-9-10-13-16-29(38)26-28-25-27(2)43-37(28)42/h25,27,29-36,38-41H,3-24,26H2,1-2H3/t27-,29-,30+,31+,32-,33-,34-,35-,36-/m1/s1. The molecule has 0 aromatic carbocycles. The van der Waals surface area contributed by atoms with Crippen molar-refractivity contribution in [3.8, 4) is 0 Å². The second kappa shape index (κ2) is 21.8. The highest BCUT2D eigenvalue weighted by molar-refractivity contribution is 5.90. The number of hydrogen-bond acceptors (Lipinski definition) is 8. The average molecular weight is 639 g/mol. The Kier molecular flexibility index (Phi) is 18.6. The normalized spacial score (nSPS) is 27.8. The van der Waals surface area contributed by atoms with Crippen molar-refractivity contribution in [2.45, 2.75) is 216 Å². The molecule has 45 heavy (non-hydrogen) atoms. The van der Waals surface area contributed by atoms with Gasteiger partial charge in [0.05, 0.1) is 48.8 Å². The van der Waals surface area contributed by atoms with Gasteiger partial charge in [0.2, 0.25) is 0 Å². The van der Waals surface area contributed by atoms with Crippen LogP contribution in [-0.2, 0) is 19.0 Å². The van der Waals surface area contributed by atoms with Crippen molar-refractivity contribution >= 4 is 5.97 Å². The zero-order valence-electron chi connectivity index (χ0n) is 28.5. The van der Waals surface area contributed by atoms with E-state index in [2.05, 4.69) is 6.92 Å². The molecule has 0 saturated carbocycles. The van der Waals surface area contributed by atoms with Crippen LogP contribution in [-0.4, -0.2) is 81.3 Å². The van der Waals surface area contributed by atoms with Crippen LogP contribution in [0.3, 0.4) is 0 Å². The Morgan fingerprint density at radius 1 is 0.667 bits per heavy atom. The first-order valence-corrected chi connectivity index (χ1v) is 18.7. The van der Waals surface area contributed by atoms with E-state index in [9.17, 15) is 25.2 Å². The molecule has 0 bridgehead atoms. The number of rotatable bonds is 25. The first kappa shape index (κ1) is 38.4. The van der Waals surface area contributed by atoms with Crippen LogP contribution in [0.25, 0.3) is 0 Å². The molecule has 0 aromatic rings. The number of carbonyl (C=O) groups is 1. The van der Waals surface area contributed by atoms with E-state index in [0.717, 1.165) is 83.5 Å². The summed E-state index contributed by atoms with van der Waals surface area (Å²) in [5.74, 6) is -0.295. The molecule has 8 nitrogen and oxygen atoms in total. The van der Waals surface area contributed by atoms with Crippen LogP contribution in [0, 0.1) is 0 Å². The monoisotopic (exact) mass is 638 g/mol. The van der Waals surface area contributed by atoms with Crippen molar-refractivity contribution < 1.29 is 39.4 Å². The number of esters is 1. The third kappa shape index (κ3) is 14.7. The van der Waals surface area contributed by atoms with E-state index in [1.807, 2.05) is 6.92 Å². The van der Waals surface area contributed by atoms with E-state index in [1.54, 1.807) is 6.08 Å². The Morgan fingerprint density at radius 2 is 1.18 bits per heavy atom. The SMILES string of the molecule is CCCCCCCCCC[C@H](O)[C@H]1CC[C@H]([C@H](O)CC[C@@H](O)[C@H]2CC[C@H](CCCCCCC[C@@H](O)CC3=C[C@@H](C)OC3=O)O2)O1. The lowest BCUT2D eigenvalue weighted by Gasteiger charge is -2.24. The van der Waals surface area contributed by atoms with Gasteiger partial charge in [-0.05, 0) is 70.8 Å². The van der Waals surface area contributed by atoms with E-state index in [1.165, 1.54) is 38.5 Å². The minimum Gasteiger partial charge on any atom is -0.455 e. The molecule has 3 aliphatic heterocycles. The maximum absolute atomic E-state index is 11.7. The molecule has 3 aliphatic rings. The Balaban J connectivity index is 1.16. The predicted octanol–water partition coefficient (Wildman–Crippen LogP) is 6.83. The molecule has 2 fully saturated rings. The van der Waals surface area contributed by atoms with Crippen molar-refractivity contribution in [1.29, 1.82) is 0 Å². The summed E-state index contributed by atoms with van der Waals surface area (Å²) in [6, 6.07) is 0. The highest BCUT2D eigenvalue weighted by Crippen LogP contribution is 2.31. The molecular formula is C37H66O8. The number of ether oxygens (including phenoxy) is 3. The van der Waals surface area contributed by atoms with Gasteiger partial charge in [-0.15, -0.1) is 0 Å². The van der Waals surface area contributed by atoms with Crippen molar-refractivity contribution in [1.82, 2.24) is 0 Å². The number of aliphatic hydroxyl groups excluding tert-OH is 4. The Morgan fingerprint density at radius 3 is 1.78 bits per heavy atom. The summed E-state index contributed by atoms with van der Waals surface area (Å²) < 4.78 is 17.3. The molecule has 9 atom stereocenters. The van der Waals surface area contributed by atoms with E-state index in [4.69, 9.17) is 14.2 Å². The minimum absolute atomic E-state index is 0.162. The molecule has 8 heteroatoms. The lowest BCUT2D eigenvalue weighted by Crippen LogP contribution is -2.33. The molecule has 3 heterocycles. The molecule has 0 radical (unpaired) electrons. The quantitative estimate of drug-likeness (QED) is 0.0634. The summed E-state index contributed by atoms with van der Waals surface area (Å²) in [7, 11) is 0. The summed E-state index contributed by atoms with van der Waals surface area (Å²) in [6.07, 6.45) is 21.6. The van der Waals surface area contributed by atoms with Crippen LogP contribution in [0.2, 0.25) is 0 Å². The molecule has 4 N–H and O–H groups in total. The van der Waals surface area contributed by atoms with Crippen LogP contribution in [0.1, 0.15) is 162 Å². The summed E-state index contributed by atoms with van der Waals surface area (Å²) in [6.45, 7) is 4.07. The van der Waals surface area contributed by atoms with E-state index >= 15 is 0 Å². The van der Waals surface area contributed by atoms with Gasteiger partial charge in [0, 0.05) is 12.0 Å². The zero-order chi connectivity index (χ0) is 32.4. The third-order valence-electron chi connectivity index (χ3n) is 10.1. The Hall–Kier alpha value is -1.03. The van der Waals surface area contributed by atoms with Crippen LogP contribution < -0.4 is 0 Å². The molecule has 0 aromatic heterocycles. The largest absolute Gasteiger partial charge is 0.455 e. The van der Waals surface area contributed by atoms with Gasteiger partial charge < -0.3 is 34.6 Å². The molecule has 3 rings (SSSR count). The predicted molar refractivity (Wildman–Crippen MR) is 177 cm³/mol. The number of carbonyl (C=O) groups excluding carboxylic acids is 1. The van der Waals surface area contributed by atoms with E-state index < -0.39 is 24.4 Å². The van der Waals surface area contributed by atoms with E-state index in [-0.39, 0.29) is 36.5 Å². The lowest BCUT2D eigenvalue weighted by atomic mass is 9.98. The summed E-state index contributed by atoms with van der Waals surface area (Å²) in [5, 5.41) is 42.4. The van der Waals surface area contributed by atoms with Gasteiger partial charge in [0.25, 0.3) is 0 Å². The average Bonchev–Trinajstić information content (AvgIpc) is 3.77. The maximum atomic E-state index is 11.7. The first-order chi connectivity index (χ1) is 21.8. The number of unbranched alkanes of at least 4 members (excludes halogenated alkanes) is 11. The molecule has 2 saturated heterocycles. The van der Waals surface area contributed by atoms with Gasteiger partial charge in [0.15, 0.2) is 0 Å². The Labute approximate surface area is 273 Å². The zero-order valence-corrected chi connectivity index (χ0v) is 28.5. The van der Waals surface area contributed by atoms with Crippen molar-refractivity contribution in [3.63, 3.8) is 0 Å². The summed E-state index contributed by atoms with van der Waals surface area (Å²) in [4.78, 5) is 11.7. The fourth-order valence-corrected chi connectivity index (χ4v) is 7.29. The first-order valence-electron chi connectivity index (χ1n) is 18.7. The number of cyclic esters (lactones) is 1. The van der Waals surface area contributed by atoms with E-state index in [0.29, 0.717) is 31.3 Å². The summed E-state index contributed by atoms with van der Waals surface area (Å²) in [5.41, 5.74) is 0.600. The molecule has 262 valence electrons. The highest BCUT2D eigenvalue weighted by Gasteiger charge is 2.36. The van der Waals surface area contributed by atoms with Crippen LogP contribution in [0.4, 0.5) is 0 Å². The van der Waals surface area contributed by atoms with Gasteiger partial charge in [0.1, 0.15) is 6.10 Å². The van der Waals surface area contributed by atoms with Crippen molar-refractivity contribution in [2.75, 3.05) is 0 Å². The maximum Gasteiger partial charge on any atom is 0.334 e. The third-order valence-corrected chi connectivity index (χ3v) is 10.1. The fraction of sp³-hybridized carbons (Fsp3) is 0.919. The van der Waals surface area contributed by atoms with Gasteiger partial charge >= 0.3 is 5.97 Å². The Bertz CT molecular complexity index is 833. The number of hydrogen-bond donors (Lipinski definition) is 4.